The molecule has 0 unspecified atom stereocenters. The number of hydrogen-bond acceptors (Lipinski definition) is 3. The Morgan fingerprint density at radius 3 is 2.61 bits per heavy atom. The predicted octanol–water partition coefficient (Wildman–Crippen LogP) is 2.47. The van der Waals surface area contributed by atoms with Crippen molar-refractivity contribution in [3.8, 4) is 0 Å². The fourth-order valence-corrected chi connectivity index (χ4v) is 2.43. The molecule has 1 heterocycles. The number of benzene rings is 1. The highest BCUT2D eigenvalue weighted by molar-refractivity contribution is 6.33. The minimum Gasteiger partial charge on any atom is -0.481 e. The topological polar surface area (TPSA) is 58.6 Å². The first-order valence-electron chi connectivity index (χ1n) is 5.76. The second-order valence-electron chi connectivity index (χ2n) is 4.87. The van der Waals surface area contributed by atoms with Gasteiger partial charge < -0.3 is 15.2 Å². The number of carbonyl (C=O) groups is 1. The smallest absolute Gasteiger partial charge is 0.316 e. The van der Waals surface area contributed by atoms with E-state index < -0.39 is 11.4 Å². The van der Waals surface area contributed by atoms with Crippen LogP contribution in [0.1, 0.15) is 11.1 Å². The number of aliphatic carboxylic acids is 1. The van der Waals surface area contributed by atoms with Crippen LogP contribution < -0.4 is 5.32 Å². The zero-order chi connectivity index (χ0) is 13.3. The fourth-order valence-electron chi connectivity index (χ4n) is 2.05. The molecule has 0 amide bonds. The van der Waals surface area contributed by atoms with Gasteiger partial charge >= 0.3 is 5.97 Å². The van der Waals surface area contributed by atoms with E-state index in [9.17, 15) is 9.90 Å². The van der Waals surface area contributed by atoms with Crippen molar-refractivity contribution in [3.63, 3.8) is 0 Å². The maximum absolute atomic E-state index is 11.2. The lowest BCUT2D eigenvalue weighted by Gasteiger charge is -2.37. The van der Waals surface area contributed by atoms with Crippen molar-refractivity contribution < 1.29 is 14.6 Å². The maximum Gasteiger partial charge on any atom is 0.316 e. The molecule has 2 N–H and O–H groups in total. The second kappa shape index (κ2) is 4.78. The van der Waals surface area contributed by atoms with Gasteiger partial charge in [-0.25, -0.2) is 0 Å². The first kappa shape index (κ1) is 13.2. The van der Waals surface area contributed by atoms with E-state index in [2.05, 4.69) is 5.32 Å². The van der Waals surface area contributed by atoms with Crippen molar-refractivity contribution in [1.29, 1.82) is 0 Å². The average Bonchev–Trinajstić information content (AvgIpc) is 2.18. The number of carboxylic acid groups (broad SMARTS) is 1. The summed E-state index contributed by atoms with van der Waals surface area (Å²) in [5.41, 5.74) is 2.08. The zero-order valence-electron chi connectivity index (χ0n) is 10.4. The van der Waals surface area contributed by atoms with Gasteiger partial charge in [-0.2, -0.15) is 0 Å². The third kappa shape index (κ3) is 2.31. The molecule has 1 aromatic rings. The van der Waals surface area contributed by atoms with E-state index in [0.29, 0.717) is 11.6 Å². The van der Waals surface area contributed by atoms with E-state index in [0.717, 1.165) is 16.8 Å². The SMILES string of the molecule is Cc1cc(C)c(NCC2(C(=O)O)COC2)c(Cl)c1. The quantitative estimate of drug-likeness (QED) is 0.882. The minimum absolute atomic E-state index is 0.248. The zero-order valence-corrected chi connectivity index (χ0v) is 11.2. The highest BCUT2D eigenvalue weighted by atomic mass is 35.5. The number of hydrogen-bond donors (Lipinski definition) is 2. The lowest BCUT2D eigenvalue weighted by atomic mass is 9.86. The summed E-state index contributed by atoms with van der Waals surface area (Å²) in [5.74, 6) is -0.831. The van der Waals surface area contributed by atoms with Gasteiger partial charge in [0.05, 0.1) is 23.9 Å². The van der Waals surface area contributed by atoms with Crippen LogP contribution in [0.5, 0.6) is 0 Å². The molecule has 1 aromatic carbocycles. The van der Waals surface area contributed by atoms with Crippen LogP contribution in [0.2, 0.25) is 5.02 Å². The first-order valence-corrected chi connectivity index (χ1v) is 6.14. The fraction of sp³-hybridized carbons (Fsp3) is 0.462. The molecule has 1 saturated heterocycles. The van der Waals surface area contributed by atoms with E-state index in [1.807, 2.05) is 26.0 Å². The van der Waals surface area contributed by atoms with Crippen molar-refractivity contribution in [2.24, 2.45) is 5.41 Å². The van der Waals surface area contributed by atoms with E-state index in [1.54, 1.807) is 0 Å². The van der Waals surface area contributed by atoms with Gasteiger partial charge in [-0.3, -0.25) is 4.79 Å². The van der Waals surface area contributed by atoms with Crippen molar-refractivity contribution in [2.45, 2.75) is 13.8 Å². The summed E-state index contributed by atoms with van der Waals surface area (Å²) in [4.78, 5) is 11.2. The molecule has 5 heteroatoms. The molecule has 0 aromatic heterocycles. The van der Waals surface area contributed by atoms with Crippen LogP contribution in [0.25, 0.3) is 0 Å². The molecule has 0 aliphatic carbocycles. The van der Waals surface area contributed by atoms with Gasteiger partial charge in [-0.15, -0.1) is 0 Å². The molecule has 1 fully saturated rings. The van der Waals surface area contributed by atoms with Crippen molar-refractivity contribution in [1.82, 2.24) is 0 Å². The summed E-state index contributed by atoms with van der Waals surface area (Å²) in [7, 11) is 0. The highest BCUT2D eigenvalue weighted by Gasteiger charge is 2.46. The molecule has 2 rings (SSSR count). The van der Waals surface area contributed by atoms with Crippen LogP contribution in [-0.4, -0.2) is 30.8 Å². The molecule has 1 aliphatic heterocycles. The average molecular weight is 270 g/mol. The van der Waals surface area contributed by atoms with E-state index in [4.69, 9.17) is 16.3 Å². The third-order valence-electron chi connectivity index (χ3n) is 3.25. The van der Waals surface area contributed by atoms with Gasteiger partial charge in [-0.05, 0) is 31.0 Å². The van der Waals surface area contributed by atoms with Gasteiger partial charge in [-0.1, -0.05) is 17.7 Å². The molecular weight excluding hydrogens is 254 g/mol. The Balaban J connectivity index is 2.13. The molecule has 0 bridgehead atoms. The molecular formula is C13H16ClNO3. The van der Waals surface area contributed by atoms with E-state index in [-0.39, 0.29) is 13.2 Å². The van der Waals surface area contributed by atoms with Crippen molar-refractivity contribution >= 4 is 23.3 Å². The van der Waals surface area contributed by atoms with E-state index >= 15 is 0 Å². The van der Waals surface area contributed by atoms with Gasteiger partial charge in [0.15, 0.2) is 0 Å². The summed E-state index contributed by atoms with van der Waals surface area (Å²) >= 11 is 6.16. The van der Waals surface area contributed by atoms with Gasteiger partial charge in [0.25, 0.3) is 0 Å². The number of anilines is 1. The Bertz CT molecular complexity index is 460. The third-order valence-corrected chi connectivity index (χ3v) is 3.54. The Morgan fingerprint density at radius 1 is 1.50 bits per heavy atom. The van der Waals surface area contributed by atoms with E-state index in [1.165, 1.54) is 0 Å². The Labute approximate surface area is 111 Å². The number of carboxylic acids is 1. The first-order chi connectivity index (χ1) is 8.44. The predicted molar refractivity (Wildman–Crippen MR) is 70.3 cm³/mol. The molecule has 0 radical (unpaired) electrons. The van der Waals surface area contributed by atoms with Crippen LogP contribution in [-0.2, 0) is 9.53 Å². The number of halogens is 1. The molecule has 0 atom stereocenters. The molecule has 0 spiro atoms. The lowest BCUT2D eigenvalue weighted by molar-refractivity contribution is -0.176. The van der Waals surface area contributed by atoms with Crippen LogP contribution in [0.3, 0.4) is 0 Å². The van der Waals surface area contributed by atoms with Gasteiger partial charge in [0.2, 0.25) is 0 Å². The maximum atomic E-state index is 11.2. The number of rotatable bonds is 4. The molecule has 1 aliphatic rings. The van der Waals surface area contributed by atoms with Crippen LogP contribution in [0, 0.1) is 19.3 Å². The number of nitrogens with one attached hydrogen (secondary N) is 1. The summed E-state index contributed by atoms with van der Waals surface area (Å²) in [6, 6.07) is 3.88. The Morgan fingerprint density at radius 2 is 2.17 bits per heavy atom. The van der Waals surface area contributed by atoms with Gasteiger partial charge in [0.1, 0.15) is 5.41 Å². The van der Waals surface area contributed by atoms with Crippen molar-refractivity contribution in [3.05, 3.63) is 28.3 Å². The lowest BCUT2D eigenvalue weighted by Crippen LogP contribution is -2.53. The monoisotopic (exact) mass is 269 g/mol. The Kier molecular flexibility index (Phi) is 3.50. The summed E-state index contributed by atoms with van der Waals surface area (Å²) in [6.07, 6.45) is 0. The largest absolute Gasteiger partial charge is 0.481 e. The van der Waals surface area contributed by atoms with Crippen molar-refractivity contribution in [2.75, 3.05) is 25.1 Å². The highest BCUT2D eigenvalue weighted by Crippen LogP contribution is 2.32. The standard InChI is InChI=1S/C13H16ClNO3/c1-8-3-9(2)11(10(14)4-8)15-5-13(12(16)17)6-18-7-13/h3-4,15H,5-7H2,1-2H3,(H,16,17). The van der Waals surface area contributed by atoms with Crippen LogP contribution >= 0.6 is 11.6 Å². The molecule has 18 heavy (non-hydrogen) atoms. The molecule has 4 nitrogen and oxygen atoms in total. The summed E-state index contributed by atoms with van der Waals surface area (Å²) in [6.45, 7) is 4.74. The summed E-state index contributed by atoms with van der Waals surface area (Å²) < 4.78 is 5.01. The number of ether oxygens (including phenoxy) is 1. The molecule has 98 valence electrons. The second-order valence-corrected chi connectivity index (χ2v) is 5.28. The number of aryl methyl sites for hydroxylation is 2. The normalized spacial score (nSPS) is 17.1. The summed E-state index contributed by atoms with van der Waals surface area (Å²) in [5, 5.41) is 13.0. The molecule has 0 saturated carbocycles. The minimum atomic E-state index is -0.831. The van der Waals surface area contributed by atoms with Gasteiger partial charge in [0, 0.05) is 6.54 Å². The van der Waals surface area contributed by atoms with Crippen LogP contribution in [0.15, 0.2) is 12.1 Å². The van der Waals surface area contributed by atoms with Crippen LogP contribution in [0.4, 0.5) is 5.69 Å². The Hall–Kier alpha value is -1.26.